The minimum Gasteiger partial charge on any atom is -0.394 e. The largest absolute Gasteiger partial charge is 0.394 e. The van der Waals surface area contributed by atoms with Gasteiger partial charge in [0.25, 0.3) is 0 Å². The van der Waals surface area contributed by atoms with Crippen molar-refractivity contribution in [2.75, 3.05) is 403 Å². The van der Waals surface area contributed by atoms with Crippen LogP contribution in [-0.2, 0) is 142 Å². The van der Waals surface area contributed by atoms with Crippen molar-refractivity contribution in [3.8, 4) is 0 Å². The number of aldehydes is 2. The fourth-order valence-electron chi connectivity index (χ4n) is 8.99. The molecule has 0 amide bonds. The van der Waals surface area contributed by atoms with Crippen LogP contribution in [0.3, 0.4) is 0 Å². The topological polar surface area (TPSA) is 336 Å². The molecule has 0 atom stereocenters. The Morgan fingerprint density at radius 2 is 0.279 bits per heavy atom. The van der Waals surface area contributed by atoms with Crippen molar-refractivity contribution >= 4 is 12.6 Å². The van der Waals surface area contributed by atoms with Gasteiger partial charge in [0.1, 0.15) is 12.6 Å². The van der Waals surface area contributed by atoms with Crippen molar-refractivity contribution in [1.82, 2.24) is 4.90 Å². The van der Waals surface area contributed by atoms with Gasteiger partial charge in [-0.3, -0.25) is 0 Å². The van der Waals surface area contributed by atoms with Gasteiger partial charge in [-0.15, -0.1) is 0 Å². The second-order valence-corrected chi connectivity index (χ2v) is 23.8. The van der Waals surface area contributed by atoms with Crippen LogP contribution in [-0.4, -0.2) is 431 Å². The van der Waals surface area contributed by atoms with E-state index in [2.05, 4.69) is 11.8 Å². The normalized spacial score (nSPS) is 11.5. The maximum atomic E-state index is 8.81. The average Bonchev–Trinajstić information content (AvgIpc) is 1.11. The van der Waals surface area contributed by atoms with Gasteiger partial charge in [0, 0.05) is 26.3 Å². The highest BCUT2D eigenvalue weighted by Gasteiger charge is 2.07. The number of ether oxygens (including phenoxy) is 28. The van der Waals surface area contributed by atoms with E-state index < -0.39 is 0 Å². The van der Waals surface area contributed by atoms with Crippen molar-refractivity contribution < 1.29 is 152 Å². The standard InChI is InChI=1S/C74H151NO30.2C2H4O/c1-2-3-4-5-6-7-8-9-10-11-14-75(15-12-19-78-23-27-82-31-35-86-39-43-90-47-51-94-55-59-98-63-67-102-71-73-104-69-65-100-61-57-96-53-49-92-45-41-88-37-33-84-29-25-80-21-17-76)16-13-20-79-24-28-83-32-36-87-40-44-91-48-52-95-56-60-99-64-68-103-72-74-105-70-66-101-62-58-97-54-50-93-46-42-89-38-34-85-30-26-81-22-18-77;2*1-2-3/h76-77H,2-74H2,1H3;2*2H,1H3. The number of nitrogens with zero attached hydrogens (tertiary/aromatic N) is 1. The molecule has 0 unspecified atom stereocenters. The molecule has 668 valence electrons. The Labute approximate surface area is 668 Å². The lowest BCUT2D eigenvalue weighted by molar-refractivity contribution is -0.106. The highest BCUT2D eigenvalue weighted by atomic mass is 16.6. The van der Waals surface area contributed by atoms with Gasteiger partial charge < -0.3 is 157 Å². The number of hydrogen-bond acceptors (Lipinski definition) is 33. The highest BCUT2D eigenvalue weighted by molar-refractivity contribution is 5.44. The second kappa shape index (κ2) is 114. The molecule has 0 heterocycles. The Morgan fingerprint density at radius 3 is 0.414 bits per heavy atom. The molecule has 0 aromatic heterocycles. The smallest absolute Gasteiger partial charge is 0.116 e. The maximum absolute atomic E-state index is 8.81. The summed E-state index contributed by atoms with van der Waals surface area (Å²) >= 11 is 0. The molecule has 0 aliphatic rings. The van der Waals surface area contributed by atoms with Gasteiger partial charge in [-0.1, -0.05) is 64.7 Å². The predicted molar refractivity (Wildman–Crippen MR) is 418 cm³/mol. The molecule has 0 aromatic rings. The van der Waals surface area contributed by atoms with Crippen molar-refractivity contribution in [3.05, 3.63) is 0 Å². The van der Waals surface area contributed by atoms with Gasteiger partial charge in [-0.2, -0.15) is 0 Å². The van der Waals surface area contributed by atoms with Gasteiger partial charge in [0.05, 0.1) is 370 Å². The number of carbonyl (C=O) groups excluding carboxylic acids is 2. The van der Waals surface area contributed by atoms with E-state index >= 15 is 0 Å². The fraction of sp³-hybridized carbons (Fsp3) is 0.974. The third-order valence-electron chi connectivity index (χ3n) is 14.5. The Hall–Kier alpha value is -1.90. The SMILES string of the molecule is CC=O.CC=O.CCCCCCCCCCCCN(CCCOCCOCCOCCOCCOCCOCCOCCOCCOCCOCCOCCOCCOCCOCCO)CCCOCCOCCOCCOCCOCCOCCOCCOCCOCCOCCOCCOCCOCCOCCO. The first kappa shape index (κ1) is 113. The summed E-state index contributed by atoms with van der Waals surface area (Å²) in [6.45, 7) is 36.2. The van der Waals surface area contributed by atoms with Gasteiger partial charge in [0.2, 0.25) is 0 Å². The quantitative estimate of drug-likeness (QED) is 0.0607. The van der Waals surface area contributed by atoms with Crippen LogP contribution in [0.5, 0.6) is 0 Å². The van der Waals surface area contributed by atoms with Gasteiger partial charge in [-0.25, -0.2) is 0 Å². The first-order valence-corrected chi connectivity index (χ1v) is 41.1. The zero-order valence-electron chi connectivity index (χ0n) is 69.4. The molecule has 0 bridgehead atoms. The van der Waals surface area contributed by atoms with Crippen LogP contribution in [0.25, 0.3) is 0 Å². The second-order valence-electron chi connectivity index (χ2n) is 23.8. The molecule has 33 heteroatoms. The molecular formula is C78H159NO32. The lowest BCUT2D eigenvalue weighted by Gasteiger charge is -2.22. The lowest BCUT2D eigenvalue weighted by Crippen LogP contribution is -2.29. The van der Waals surface area contributed by atoms with Crippen LogP contribution < -0.4 is 0 Å². The molecule has 33 nitrogen and oxygen atoms in total. The van der Waals surface area contributed by atoms with Gasteiger partial charge in [0.15, 0.2) is 0 Å². The molecule has 0 spiro atoms. The maximum Gasteiger partial charge on any atom is 0.116 e. The first-order valence-electron chi connectivity index (χ1n) is 41.1. The number of aliphatic hydroxyl groups excluding tert-OH is 2. The van der Waals surface area contributed by atoms with Crippen molar-refractivity contribution in [2.45, 2.75) is 97.8 Å². The van der Waals surface area contributed by atoms with Crippen molar-refractivity contribution in [3.63, 3.8) is 0 Å². The van der Waals surface area contributed by atoms with E-state index in [0.29, 0.717) is 370 Å². The summed E-state index contributed by atoms with van der Waals surface area (Å²) < 4.78 is 155. The number of aliphatic hydroxyl groups is 2. The molecule has 0 aliphatic carbocycles. The summed E-state index contributed by atoms with van der Waals surface area (Å²) in [7, 11) is 0. The number of unbranched alkanes of at least 4 members (excludes halogenated alkanes) is 9. The van der Waals surface area contributed by atoms with E-state index in [1.165, 1.54) is 78.1 Å². The summed E-state index contributed by atoms with van der Waals surface area (Å²) in [5, 5.41) is 17.3. The summed E-state index contributed by atoms with van der Waals surface area (Å²) in [5.41, 5.74) is 0. The van der Waals surface area contributed by atoms with Crippen LogP contribution in [0.1, 0.15) is 97.8 Å². The van der Waals surface area contributed by atoms with E-state index in [1.807, 2.05) is 0 Å². The lowest BCUT2D eigenvalue weighted by atomic mass is 10.1. The monoisotopic (exact) mass is 1620 g/mol. The van der Waals surface area contributed by atoms with Crippen LogP contribution in [0.15, 0.2) is 0 Å². The third-order valence-corrected chi connectivity index (χ3v) is 14.5. The summed E-state index contributed by atoms with van der Waals surface area (Å²) in [6.07, 6.45) is 16.8. The van der Waals surface area contributed by atoms with Gasteiger partial charge >= 0.3 is 0 Å². The van der Waals surface area contributed by atoms with E-state index in [-0.39, 0.29) is 13.2 Å². The molecule has 0 aromatic carbocycles. The number of rotatable bonds is 101. The van der Waals surface area contributed by atoms with Crippen molar-refractivity contribution in [2.24, 2.45) is 0 Å². The molecular weight excluding hydrogens is 1460 g/mol. The van der Waals surface area contributed by atoms with Gasteiger partial charge in [-0.05, 0) is 39.7 Å². The average molecular weight is 1620 g/mol. The number of hydrogen-bond donors (Lipinski definition) is 2. The Morgan fingerprint density at radius 1 is 0.171 bits per heavy atom. The summed E-state index contributed by atoms with van der Waals surface area (Å²) in [5.74, 6) is 0. The molecule has 0 rings (SSSR count). The van der Waals surface area contributed by atoms with Crippen molar-refractivity contribution in [1.29, 1.82) is 0 Å². The summed E-state index contributed by atoms with van der Waals surface area (Å²) in [4.78, 5) is 20.2. The summed E-state index contributed by atoms with van der Waals surface area (Å²) in [6, 6.07) is 0. The molecule has 0 radical (unpaired) electrons. The molecule has 0 saturated carbocycles. The Bertz CT molecular complexity index is 1490. The molecule has 0 saturated heterocycles. The zero-order valence-corrected chi connectivity index (χ0v) is 69.4. The van der Waals surface area contributed by atoms with E-state index in [9.17, 15) is 0 Å². The van der Waals surface area contributed by atoms with Crippen LogP contribution in [0, 0.1) is 0 Å². The van der Waals surface area contributed by atoms with Crippen LogP contribution in [0.2, 0.25) is 0 Å². The van der Waals surface area contributed by atoms with E-state index in [1.54, 1.807) is 0 Å². The van der Waals surface area contributed by atoms with E-state index in [4.69, 9.17) is 152 Å². The third kappa shape index (κ3) is 117. The van der Waals surface area contributed by atoms with E-state index in [0.717, 1.165) is 45.0 Å². The zero-order chi connectivity index (χ0) is 80.4. The fourth-order valence-corrected chi connectivity index (χ4v) is 8.99. The van der Waals surface area contributed by atoms with Crippen LogP contribution in [0.4, 0.5) is 0 Å². The minimum absolute atomic E-state index is 0.0175. The Kier molecular flexibility index (Phi) is 117. The molecule has 0 fully saturated rings. The molecule has 2 N–H and O–H groups in total. The Balaban J connectivity index is -0.0000188. The number of carbonyl (C=O) groups is 2. The molecule has 0 aliphatic heterocycles. The molecule has 111 heavy (non-hydrogen) atoms. The minimum atomic E-state index is 0.0175. The van der Waals surface area contributed by atoms with Crippen LogP contribution >= 0.6 is 0 Å². The predicted octanol–water partition coefficient (Wildman–Crippen LogP) is 4.85. The highest BCUT2D eigenvalue weighted by Crippen LogP contribution is 2.11. The first-order chi connectivity index (χ1) is 55.2.